The lowest BCUT2D eigenvalue weighted by molar-refractivity contribution is -0.128. The van der Waals surface area contributed by atoms with Crippen LogP contribution in [0.5, 0.6) is 0 Å². The molecule has 1 N–H and O–H groups in total. The third-order valence-corrected chi connectivity index (χ3v) is 4.71. The van der Waals surface area contributed by atoms with E-state index in [9.17, 15) is 4.79 Å². The van der Waals surface area contributed by atoms with Crippen molar-refractivity contribution >= 4 is 44.2 Å². The van der Waals surface area contributed by atoms with Crippen LogP contribution in [0.4, 0.5) is 5.13 Å². The Morgan fingerprint density at radius 1 is 1.42 bits per heavy atom. The Labute approximate surface area is 120 Å². The van der Waals surface area contributed by atoms with Gasteiger partial charge in [0.15, 0.2) is 5.13 Å². The zero-order valence-electron chi connectivity index (χ0n) is 10.4. The maximum absolute atomic E-state index is 11.9. The van der Waals surface area contributed by atoms with Gasteiger partial charge in [0.25, 0.3) is 0 Å². The van der Waals surface area contributed by atoms with Crippen molar-refractivity contribution in [2.24, 2.45) is 0 Å². The van der Waals surface area contributed by atoms with E-state index in [1.807, 2.05) is 23.1 Å². The molecular weight excluding hydrogens is 282 g/mol. The summed E-state index contributed by atoms with van der Waals surface area (Å²) in [7, 11) is 0. The standard InChI is InChI=1S/C13H14ClN3OS/c14-9-4-3-5-10-12(9)19-13(16-10)15-8-11(18)17-6-1-2-7-17/h3-5H,1-2,6-8H2,(H,15,16). The van der Waals surface area contributed by atoms with Gasteiger partial charge in [0.1, 0.15) is 0 Å². The summed E-state index contributed by atoms with van der Waals surface area (Å²) < 4.78 is 0.959. The third-order valence-electron chi connectivity index (χ3n) is 3.22. The first-order chi connectivity index (χ1) is 9.24. The molecule has 1 amide bonds. The Morgan fingerprint density at radius 2 is 2.21 bits per heavy atom. The van der Waals surface area contributed by atoms with Crippen molar-refractivity contribution in [1.29, 1.82) is 0 Å². The molecule has 1 saturated heterocycles. The highest BCUT2D eigenvalue weighted by Gasteiger charge is 2.17. The molecule has 1 aliphatic rings. The molecule has 0 spiro atoms. The van der Waals surface area contributed by atoms with Gasteiger partial charge >= 0.3 is 0 Å². The van der Waals surface area contributed by atoms with Gasteiger partial charge in [0.2, 0.25) is 5.91 Å². The Kier molecular flexibility index (Phi) is 3.57. The van der Waals surface area contributed by atoms with E-state index in [0.29, 0.717) is 11.6 Å². The second-order valence-electron chi connectivity index (χ2n) is 4.55. The Bertz CT molecular complexity index is 607. The minimum atomic E-state index is 0.142. The first-order valence-corrected chi connectivity index (χ1v) is 7.50. The SMILES string of the molecule is O=C(CNc1nc2cccc(Cl)c2s1)N1CCCC1. The zero-order valence-corrected chi connectivity index (χ0v) is 11.9. The number of nitrogens with one attached hydrogen (secondary N) is 1. The number of thiazole rings is 1. The van der Waals surface area contributed by atoms with Gasteiger partial charge in [-0.25, -0.2) is 4.98 Å². The average Bonchev–Trinajstić information content (AvgIpc) is 3.05. The molecule has 0 radical (unpaired) electrons. The first kappa shape index (κ1) is 12.7. The molecule has 0 aliphatic carbocycles. The predicted molar refractivity (Wildman–Crippen MR) is 78.9 cm³/mol. The summed E-state index contributed by atoms with van der Waals surface area (Å²) in [6, 6.07) is 5.65. The average molecular weight is 296 g/mol. The van der Waals surface area contributed by atoms with Crippen molar-refractivity contribution < 1.29 is 4.79 Å². The Balaban J connectivity index is 1.68. The fourth-order valence-corrected chi connectivity index (χ4v) is 3.37. The number of likely N-dealkylation sites (tertiary alicyclic amines) is 1. The molecular formula is C13H14ClN3OS. The van der Waals surface area contributed by atoms with Crippen LogP contribution in [-0.4, -0.2) is 35.4 Å². The number of hydrogen-bond acceptors (Lipinski definition) is 4. The molecule has 0 atom stereocenters. The third kappa shape index (κ3) is 2.67. The van der Waals surface area contributed by atoms with E-state index in [1.54, 1.807) is 0 Å². The number of amides is 1. The number of carbonyl (C=O) groups is 1. The highest BCUT2D eigenvalue weighted by molar-refractivity contribution is 7.22. The van der Waals surface area contributed by atoms with Gasteiger partial charge in [-0.15, -0.1) is 0 Å². The molecule has 1 fully saturated rings. The maximum atomic E-state index is 11.9. The van der Waals surface area contributed by atoms with E-state index < -0.39 is 0 Å². The molecule has 0 saturated carbocycles. The van der Waals surface area contributed by atoms with E-state index in [1.165, 1.54) is 11.3 Å². The monoisotopic (exact) mass is 295 g/mol. The summed E-state index contributed by atoms with van der Waals surface area (Å²) in [5.41, 5.74) is 0.869. The lowest BCUT2D eigenvalue weighted by Gasteiger charge is -2.14. The second-order valence-corrected chi connectivity index (χ2v) is 5.95. The normalized spacial score (nSPS) is 15.1. The fourth-order valence-electron chi connectivity index (χ4n) is 2.22. The zero-order chi connectivity index (χ0) is 13.2. The van der Waals surface area contributed by atoms with E-state index in [0.717, 1.165) is 41.3 Å². The van der Waals surface area contributed by atoms with Crippen molar-refractivity contribution in [1.82, 2.24) is 9.88 Å². The minimum absolute atomic E-state index is 0.142. The number of fused-ring (bicyclic) bond motifs is 1. The lowest BCUT2D eigenvalue weighted by Crippen LogP contribution is -2.32. The van der Waals surface area contributed by atoms with Crippen LogP contribution in [0, 0.1) is 0 Å². The Morgan fingerprint density at radius 3 is 2.95 bits per heavy atom. The van der Waals surface area contributed by atoms with Gasteiger partial charge in [-0.05, 0) is 25.0 Å². The van der Waals surface area contributed by atoms with Gasteiger partial charge in [-0.1, -0.05) is 29.0 Å². The summed E-state index contributed by atoms with van der Waals surface area (Å²) in [4.78, 5) is 18.2. The van der Waals surface area contributed by atoms with Crippen LogP contribution in [0.15, 0.2) is 18.2 Å². The summed E-state index contributed by atoms with van der Waals surface area (Å²) >= 11 is 7.59. The van der Waals surface area contributed by atoms with Crippen molar-refractivity contribution in [2.45, 2.75) is 12.8 Å². The number of benzene rings is 1. The summed E-state index contributed by atoms with van der Waals surface area (Å²) in [5, 5.41) is 4.54. The molecule has 3 rings (SSSR count). The number of hydrogen-bond donors (Lipinski definition) is 1. The maximum Gasteiger partial charge on any atom is 0.241 e. The first-order valence-electron chi connectivity index (χ1n) is 6.31. The van der Waals surface area contributed by atoms with Gasteiger partial charge in [-0.2, -0.15) is 0 Å². The van der Waals surface area contributed by atoms with Gasteiger partial charge in [0, 0.05) is 13.1 Å². The van der Waals surface area contributed by atoms with Crippen LogP contribution in [0.3, 0.4) is 0 Å². The van der Waals surface area contributed by atoms with Crippen molar-refractivity contribution in [3.05, 3.63) is 23.2 Å². The van der Waals surface area contributed by atoms with E-state index in [-0.39, 0.29) is 5.91 Å². The largest absolute Gasteiger partial charge is 0.352 e. The van der Waals surface area contributed by atoms with Crippen LogP contribution >= 0.6 is 22.9 Å². The fraction of sp³-hybridized carbons (Fsp3) is 0.385. The van der Waals surface area contributed by atoms with Crippen molar-refractivity contribution in [3.8, 4) is 0 Å². The lowest BCUT2D eigenvalue weighted by atomic mass is 10.3. The van der Waals surface area contributed by atoms with Crippen LogP contribution in [0.25, 0.3) is 10.2 Å². The van der Waals surface area contributed by atoms with E-state index >= 15 is 0 Å². The van der Waals surface area contributed by atoms with Crippen LogP contribution < -0.4 is 5.32 Å². The molecule has 6 heteroatoms. The quantitative estimate of drug-likeness (QED) is 0.947. The molecule has 1 aliphatic heterocycles. The van der Waals surface area contributed by atoms with Gasteiger partial charge in [-0.3, -0.25) is 4.79 Å². The molecule has 0 unspecified atom stereocenters. The molecule has 1 aromatic carbocycles. The number of nitrogens with zero attached hydrogens (tertiary/aromatic N) is 2. The summed E-state index contributed by atoms with van der Waals surface area (Å²) in [5.74, 6) is 0.142. The summed E-state index contributed by atoms with van der Waals surface area (Å²) in [6.07, 6.45) is 2.23. The van der Waals surface area contributed by atoms with Crippen LogP contribution in [-0.2, 0) is 4.79 Å². The molecule has 4 nitrogen and oxygen atoms in total. The number of anilines is 1. The molecule has 2 heterocycles. The highest BCUT2D eigenvalue weighted by Crippen LogP contribution is 2.31. The smallest absolute Gasteiger partial charge is 0.241 e. The number of carbonyl (C=O) groups excluding carboxylic acids is 1. The summed E-state index contributed by atoms with van der Waals surface area (Å²) in [6.45, 7) is 2.07. The predicted octanol–water partition coefficient (Wildman–Crippen LogP) is 2.98. The topological polar surface area (TPSA) is 45.2 Å². The van der Waals surface area contributed by atoms with E-state index in [2.05, 4.69) is 10.3 Å². The van der Waals surface area contributed by atoms with E-state index in [4.69, 9.17) is 11.6 Å². The molecule has 19 heavy (non-hydrogen) atoms. The molecule has 1 aromatic heterocycles. The van der Waals surface area contributed by atoms with Crippen LogP contribution in [0.1, 0.15) is 12.8 Å². The highest BCUT2D eigenvalue weighted by atomic mass is 35.5. The van der Waals surface area contributed by atoms with Crippen molar-refractivity contribution in [3.63, 3.8) is 0 Å². The molecule has 100 valence electrons. The molecule has 2 aromatic rings. The van der Waals surface area contributed by atoms with Gasteiger partial charge in [0.05, 0.1) is 21.8 Å². The number of aromatic nitrogens is 1. The molecule has 0 bridgehead atoms. The Hall–Kier alpha value is -1.33. The van der Waals surface area contributed by atoms with Crippen molar-refractivity contribution in [2.75, 3.05) is 25.0 Å². The second kappa shape index (κ2) is 5.35. The number of halogens is 1. The van der Waals surface area contributed by atoms with Gasteiger partial charge < -0.3 is 10.2 Å². The number of rotatable bonds is 3. The minimum Gasteiger partial charge on any atom is -0.352 e. The van der Waals surface area contributed by atoms with Crippen LogP contribution in [0.2, 0.25) is 5.02 Å².